The summed E-state index contributed by atoms with van der Waals surface area (Å²) < 4.78 is 40.3. The van der Waals surface area contributed by atoms with E-state index in [0.29, 0.717) is 10.5 Å². The molecule has 0 unspecified atom stereocenters. The third kappa shape index (κ3) is 3.27. The highest BCUT2D eigenvalue weighted by Gasteiger charge is 2.55. The van der Waals surface area contributed by atoms with Gasteiger partial charge in [-0.15, -0.1) is 0 Å². The van der Waals surface area contributed by atoms with Gasteiger partial charge < -0.3 is 5.32 Å². The molecule has 154 valence electrons. The first kappa shape index (κ1) is 19.6. The number of amides is 3. The molecular formula is C19H14F3N5O3. The van der Waals surface area contributed by atoms with Gasteiger partial charge in [-0.1, -0.05) is 11.3 Å². The molecule has 0 bridgehead atoms. The van der Waals surface area contributed by atoms with Crippen molar-refractivity contribution >= 4 is 29.1 Å². The largest absolute Gasteiger partial charge is 0.324 e. The topological polar surface area (TPSA) is 94.4 Å². The minimum atomic E-state index is -1.21. The second-order valence-electron chi connectivity index (χ2n) is 6.81. The number of fused-ring (bicyclic) bond motifs is 1. The molecule has 1 fully saturated rings. The van der Waals surface area contributed by atoms with Crippen molar-refractivity contribution in [1.29, 1.82) is 0 Å². The molecule has 11 heteroatoms. The van der Waals surface area contributed by atoms with E-state index in [1.807, 2.05) is 0 Å². The number of hydrogen-bond donors (Lipinski definition) is 1. The van der Waals surface area contributed by atoms with Gasteiger partial charge in [0.05, 0.1) is 5.69 Å². The Morgan fingerprint density at radius 3 is 2.50 bits per heavy atom. The molecule has 2 aromatic rings. The van der Waals surface area contributed by atoms with Gasteiger partial charge in [-0.05, 0) is 36.8 Å². The van der Waals surface area contributed by atoms with Crippen LogP contribution in [0.2, 0.25) is 0 Å². The summed E-state index contributed by atoms with van der Waals surface area (Å²) in [5.41, 5.74) is 0.484. The lowest BCUT2D eigenvalue weighted by Crippen LogP contribution is -2.43. The second-order valence-corrected chi connectivity index (χ2v) is 6.81. The van der Waals surface area contributed by atoms with Crippen molar-refractivity contribution in [2.24, 2.45) is 10.3 Å². The molecule has 1 N–H and O–H groups in total. The van der Waals surface area contributed by atoms with Crippen molar-refractivity contribution in [2.75, 3.05) is 16.8 Å². The summed E-state index contributed by atoms with van der Waals surface area (Å²) in [6.45, 7) is 1.15. The van der Waals surface area contributed by atoms with E-state index in [0.717, 1.165) is 29.3 Å². The maximum atomic E-state index is 13.6. The Morgan fingerprint density at radius 2 is 1.80 bits per heavy atom. The lowest BCUT2D eigenvalue weighted by molar-refractivity contribution is -0.123. The zero-order valence-electron chi connectivity index (χ0n) is 15.5. The molecule has 0 spiro atoms. The highest BCUT2D eigenvalue weighted by Crippen LogP contribution is 2.32. The fourth-order valence-corrected chi connectivity index (χ4v) is 3.25. The number of benzene rings is 2. The van der Waals surface area contributed by atoms with Gasteiger partial charge in [0.15, 0.2) is 23.7 Å². The van der Waals surface area contributed by atoms with Gasteiger partial charge in [-0.3, -0.25) is 19.4 Å². The van der Waals surface area contributed by atoms with Crippen LogP contribution in [0.25, 0.3) is 0 Å². The standard InChI is InChI=1S/C19H14F3N5O3/c1-9-2-3-10(6-13(9)21)23-15(28)8-26-17-16(24-25-26)18(29)27(19(17)30)11-4-5-12(20)14(22)7-11/h2-7,16-17H,8H2,1H3,(H,23,28)/t16-,17+/m1/s1. The van der Waals surface area contributed by atoms with Gasteiger partial charge in [0.25, 0.3) is 11.8 Å². The van der Waals surface area contributed by atoms with Gasteiger partial charge in [0.2, 0.25) is 5.91 Å². The Labute approximate surface area is 167 Å². The highest BCUT2D eigenvalue weighted by atomic mass is 19.2. The van der Waals surface area contributed by atoms with Crippen molar-refractivity contribution in [1.82, 2.24) is 5.01 Å². The van der Waals surface area contributed by atoms with E-state index in [4.69, 9.17) is 0 Å². The lowest BCUT2D eigenvalue weighted by Gasteiger charge is -2.20. The van der Waals surface area contributed by atoms with Crippen molar-refractivity contribution in [3.05, 3.63) is 59.4 Å². The number of hydrogen-bond acceptors (Lipinski definition) is 6. The van der Waals surface area contributed by atoms with Gasteiger partial charge in [0.1, 0.15) is 12.4 Å². The first-order valence-electron chi connectivity index (χ1n) is 8.82. The van der Waals surface area contributed by atoms with E-state index in [1.165, 1.54) is 12.1 Å². The molecule has 2 aliphatic heterocycles. The second kappa shape index (κ2) is 7.25. The van der Waals surface area contributed by atoms with Crippen molar-refractivity contribution in [2.45, 2.75) is 19.0 Å². The van der Waals surface area contributed by atoms with Crippen molar-refractivity contribution < 1.29 is 27.6 Å². The van der Waals surface area contributed by atoms with Gasteiger partial charge in [0, 0.05) is 11.8 Å². The number of carbonyl (C=O) groups excluding carboxylic acids is 3. The van der Waals surface area contributed by atoms with E-state index < -0.39 is 53.8 Å². The average Bonchev–Trinajstić information content (AvgIpc) is 3.21. The predicted octanol–water partition coefficient (Wildman–Crippen LogP) is 2.34. The molecule has 2 heterocycles. The SMILES string of the molecule is Cc1ccc(NC(=O)CN2N=N[C@H]3C(=O)N(c4ccc(F)c(F)c4)C(=O)[C@H]32)cc1F. The number of rotatable bonds is 4. The summed E-state index contributed by atoms with van der Waals surface area (Å²) in [4.78, 5) is 38.3. The number of halogens is 3. The Bertz CT molecular complexity index is 1110. The Balaban J connectivity index is 1.49. The number of imide groups is 1. The molecule has 0 aromatic heterocycles. The molecular weight excluding hydrogens is 403 g/mol. The van der Waals surface area contributed by atoms with Crippen LogP contribution in [0.1, 0.15) is 5.56 Å². The van der Waals surface area contributed by atoms with Gasteiger partial charge in [-0.2, -0.15) is 5.11 Å². The van der Waals surface area contributed by atoms with Crippen LogP contribution in [0, 0.1) is 24.4 Å². The Morgan fingerprint density at radius 1 is 1.03 bits per heavy atom. The van der Waals surface area contributed by atoms with Gasteiger partial charge >= 0.3 is 0 Å². The number of nitrogens with one attached hydrogen (secondary N) is 1. The molecule has 8 nitrogen and oxygen atoms in total. The maximum Gasteiger partial charge on any atom is 0.263 e. The van der Waals surface area contributed by atoms with E-state index >= 15 is 0 Å². The Kier molecular flexibility index (Phi) is 4.72. The van der Waals surface area contributed by atoms with Crippen molar-refractivity contribution in [3.63, 3.8) is 0 Å². The van der Waals surface area contributed by atoms with Crippen molar-refractivity contribution in [3.8, 4) is 0 Å². The third-order valence-corrected chi connectivity index (χ3v) is 4.78. The molecule has 4 rings (SSSR count). The van der Waals surface area contributed by atoms with Crippen LogP contribution in [-0.4, -0.2) is 41.4 Å². The fraction of sp³-hybridized carbons (Fsp3) is 0.211. The number of nitrogens with zero attached hydrogens (tertiary/aromatic N) is 4. The summed E-state index contributed by atoms with van der Waals surface area (Å²) in [6, 6.07) is 4.39. The number of aryl methyl sites for hydroxylation is 1. The van der Waals surface area contributed by atoms with E-state index in [2.05, 4.69) is 15.7 Å². The Hall–Kier alpha value is -3.76. The minimum Gasteiger partial charge on any atom is -0.324 e. The predicted molar refractivity (Wildman–Crippen MR) is 97.8 cm³/mol. The molecule has 2 aromatic carbocycles. The third-order valence-electron chi connectivity index (χ3n) is 4.78. The first-order valence-corrected chi connectivity index (χ1v) is 8.82. The number of carbonyl (C=O) groups is 3. The van der Waals surface area contributed by atoms with Crippen LogP contribution in [-0.2, 0) is 14.4 Å². The van der Waals surface area contributed by atoms with Crippen LogP contribution < -0.4 is 10.2 Å². The summed E-state index contributed by atoms with van der Waals surface area (Å²) in [5, 5.41) is 11.0. The molecule has 0 aliphatic carbocycles. The summed E-state index contributed by atoms with van der Waals surface area (Å²) in [6.07, 6.45) is 0. The molecule has 0 saturated carbocycles. The van der Waals surface area contributed by atoms with Crippen LogP contribution in [0.3, 0.4) is 0 Å². The van der Waals surface area contributed by atoms with Crippen LogP contribution in [0.15, 0.2) is 46.7 Å². The van der Waals surface area contributed by atoms with Crippen LogP contribution >= 0.6 is 0 Å². The van der Waals surface area contributed by atoms with E-state index in [1.54, 1.807) is 6.92 Å². The maximum absolute atomic E-state index is 13.6. The first-order chi connectivity index (χ1) is 14.3. The zero-order valence-corrected chi connectivity index (χ0v) is 15.5. The molecule has 0 radical (unpaired) electrons. The summed E-state index contributed by atoms with van der Waals surface area (Å²) in [7, 11) is 0. The molecule has 3 amide bonds. The number of anilines is 2. The zero-order chi connectivity index (χ0) is 21.6. The molecule has 2 aliphatic rings. The lowest BCUT2D eigenvalue weighted by atomic mass is 10.1. The molecule has 1 saturated heterocycles. The average molecular weight is 417 g/mol. The van der Waals surface area contributed by atoms with E-state index in [9.17, 15) is 27.6 Å². The van der Waals surface area contributed by atoms with Crippen LogP contribution in [0.5, 0.6) is 0 Å². The normalized spacial score (nSPS) is 20.1. The van der Waals surface area contributed by atoms with E-state index in [-0.39, 0.29) is 11.4 Å². The molecule has 2 atom stereocenters. The quantitative estimate of drug-likeness (QED) is 0.773. The highest BCUT2D eigenvalue weighted by molar-refractivity contribution is 6.25. The summed E-state index contributed by atoms with van der Waals surface area (Å²) in [5.74, 6) is -4.97. The minimum absolute atomic E-state index is 0.145. The fourth-order valence-electron chi connectivity index (χ4n) is 3.25. The smallest absolute Gasteiger partial charge is 0.263 e. The monoisotopic (exact) mass is 417 g/mol. The van der Waals surface area contributed by atoms with Gasteiger partial charge in [-0.25, -0.2) is 18.1 Å². The van der Waals surface area contributed by atoms with Crippen LogP contribution in [0.4, 0.5) is 24.5 Å². The molecule has 30 heavy (non-hydrogen) atoms. The summed E-state index contributed by atoms with van der Waals surface area (Å²) >= 11 is 0.